The molecule has 0 saturated heterocycles. The van der Waals surface area contributed by atoms with Crippen LogP contribution in [0.4, 0.5) is 5.69 Å². The first-order valence-electron chi connectivity index (χ1n) is 6.20. The van der Waals surface area contributed by atoms with Crippen molar-refractivity contribution < 1.29 is 17.9 Å². The van der Waals surface area contributed by atoms with Crippen LogP contribution in [0.25, 0.3) is 0 Å². The van der Waals surface area contributed by atoms with Gasteiger partial charge in [0.2, 0.25) is 0 Å². The molecule has 0 unspecified atom stereocenters. The number of ketones is 1. The smallest absolute Gasteiger partial charge is 0.261 e. The number of benzene rings is 2. The number of sulfonamides is 1. The van der Waals surface area contributed by atoms with Gasteiger partial charge in [-0.15, -0.1) is 0 Å². The minimum absolute atomic E-state index is 0.0398. The lowest BCUT2D eigenvalue weighted by Crippen LogP contribution is -2.13. The molecular formula is C15H15NO4S. The van der Waals surface area contributed by atoms with E-state index in [-0.39, 0.29) is 10.7 Å². The van der Waals surface area contributed by atoms with Crippen molar-refractivity contribution in [1.82, 2.24) is 0 Å². The van der Waals surface area contributed by atoms with Gasteiger partial charge in [0.25, 0.3) is 10.0 Å². The van der Waals surface area contributed by atoms with Crippen molar-refractivity contribution in [2.45, 2.75) is 11.8 Å². The molecule has 6 heteroatoms. The molecule has 0 aliphatic carbocycles. The van der Waals surface area contributed by atoms with E-state index in [0.29, 0.717) is 17.0 Å². The number of nitrogens with one attached hydrogen (secondary N) is 1. The zero-order valence-corrected chi connectivity index (χ0v) is 12.5. The molecule has 2 aromatic rings. The van der Waals surface area contributed by atoms with Crippen molar-refractivity contribution in [2.75, 3.05) is 11.8 Å². The zero-order chi connectivity index (χ0) is 15.5. The Morgan fingerprint density at radius 2 is 1.81 bits per heavy atom. The first-order chi connectivity index (χ1) is 9.92. The third-order valence-electron chi connectivity index (χ3n) is 2.87. The summed E-state index contributed by atoms with van der Waals surface area (Å²) in [5.74, 6) is 0.362. The molecule has 0 spiro atoms. The van der Waals surface area contributed by atoms with Crippen LogP contribution in [0.3, 0.4) is 0 Å². The van der Waals surface area contributed by atoms with Gasteiger partial charge in [-0.05, 0) is 31.2 Å². The normalized spacial score (nSPS) is 11.0. The van der Waals surface area contributed by atoms with Gasteiger partial charge in [0.05, 0.1) is 17.7 Å². The van der Waals surface area contributed by atoms with E-state index in [4.69, 9.17) is 4.74 Å². The number of hydrogen-bond acceptors (Lipinski definition) is 4. The summed E-state index contributed by atoms with van der Waals surface area (Å²) in [6.07, 6.45) is 0. The minimum atomic E-state index is -3.75. The second-order valence-electron chi connectivity index (χ2n) is 4.42. The summed E-state index contributed by atoms with van der Waals surface area (Å²) >= 11 is 0. The SMILES string of the molecule is COc1cccc(NS(=O)(=O)c2cccc(C(C)=O)c2)c1. The van der Waals surface area contributed by atoms with Crippen LogP contribution in [0, 0.1) is 0 Å². The highest BCUT2D eigenvalue weighted by molar-refractivity contribution is 7.92. The van der Waals surface area contributed by atoms with Crippen LogP contribution >= 0.6 is 0 Å². The van der Waals surface area contributed by atoms with Crippen LogP contribution in [0.5, 0.6) is 5.75 Å². The first-order valence-corrected chi connectivity index (χ1v) is 7.68. The lowest BCUT2D eigenvalue weighted by molar-refractivity contribution is 0.101. The standard InChI is InChI=1S/C15H15NO4S/c1-11(17)12-5-3-8-15(9-12)21(18,19)16-13-6-4-7-14(10-13)20-2/h3-10,16H,1-2H3. The average Bonchev–Trinajstić information content (AvgIpc) is 2.47. The maximum Gasteiger partial charge on any atom is 0.261 e. The van der Waals surface area contributed by atoms with E-state index in [2.05, 4.69) is 4.72 Å². The maximum atomic E-state index is 12.3. The van der Waals surface area contributed by atoms with E-state index in [9.17, 15) is 13.2 Å². The summed E-state index contributed by atoms with van der Waals surface area (Å²) in [7, 11) is -2.25. The molecule has 0 radical (unpaired) electrons. The number of anilines is 1. The van der Waals surface area contributed by atoms with E-state index in [0.717, 1.165) is 0 Å². The third-order valence-corrected chi connectivity index (χ3v) is 4.25. The number of methoxy groups -OCH3 is 1. The van der Waals surface area contributed by atoms with E-state index in [1.807, 2.05) is 0 Å². The highest BCUT2D eigenvalue weighted by Crippen LogP contribution is 2.21. The summed E-state index contributed by atoms with van der Waals surface area (Å²) in [4.78, 5) is 11.4. The van der Waals surface area contributed by atoms with Crippen LogP contribution in [0.15, 0.2) is 53.4 Å². The quantitative estimate of drug-likeness (QED) is 0.862. The van der Waals surface area contributed by atoms with Gasteiger partial charge >= 0.3 is 0 Å². The molecule has 0 aromatic heterocycles. The number of carbonyl (C=O) groups excluding carboxylic acids is 1. The molecule has 0 aliphatic rings. The molecule has 0 amide bonds. The summed E-state index contributed by atoms with van der Waals surface area (Å²) < 4.78 is 32.1. The fourth-order valence-corrected chi connectivity index (χ4v) is 2.88. The predicted octanol–water partition coefficient (Wildman–Crippen LogP) is 2.70. The van der Waals surface area contributed by atoms with Crippen LogP contribution < -0.4 is 9.46 Å². The van der Waals surface area contributed by atoms with Crippen molar-refractivity contribution in [3.8, 4) is 5.75 Å². The Morgan fingerprint density at radius 3 is 2.48 bits per heavy atom. The van der Waals surface area contributed by atoms with E-state index in [1.54, 1.807) is 30.3 Å². The lowest BCUT2D eigenvalue weighted by atomic mass is 10.2. The summed E-state index contributed by atoms with van der Waals surface area (Å²) in [5, 5.41) is 0. The highest BCUT2D eigenvalue weighted by Gasteiger charge is 2.15. The molecule has 0 fully saturated rings. The van der Waals surface area contributed by atoms with Crippen molar-refractivity contribution in [3.63, 3.8) is 0 Å². The molecule has 0 aliphatic heterocycles. The molecule has 0 saturated carbocycles. The lowest BCUT2D eigenvalue weighted by Gasteiger charge is -2.10. The molecule has 21 heavy (non-hydrogen) atoms. The van der Waals surface area contributed by atoms with Crippen molar-refractivity contribution >= 4 is 21.5 Å². The van der Waals surface area contributed by atoms with Gasteiger partial charge in [-0.25, -0.2) is 8.42 Å². The van der Waals surface area contributed by atoms with Gasteiger partial charge in [0.15, 0.2) is 5.78 Å². The third kappa shape index (κ3) is 3.61. The fourth-order valence-electron chi connectivity index (χ4n) is 1.78. The van der Waals surface area contributed by atoms with Crippen molar-refractivity contribution in [3.05, 3.63) is 54.1 Å². The number of Topliss-reactive ketones (excluding diaryl/α,β-unsaturated/α-hetero) is 1. The van der Waals surface area contributed by atoms with Crippen LogP contribution in [0.2, 0.25) is 0 Å². The van der Waals surface area contributed by atoms with Crippen LogP contribution in [-0.2, 0) is 10.0 Å². The molecule has 110 valence electrons. The zero-order valence-electron chi connectivity index (χ0n) is 11.7. The number of carbonyl (C=O) groups is 1. The predicted molar refractivity (Wildman–Crippen MR) is 80.2 cm³/mol. The second-order valence-corrected chi connectivity index (χ2v) is 6.10. The summed E-state index contributed by atoms with van der Waals surface area (Å²) in [5.41, 5.74) is 0.742. The van der Waals surface area contributed by atoms with E-state index < -0.39 is 10.0 Å². The van der Waals surface area contributed by atoms with Gasteiger partial charge in [-0.1, -0.05) is 18.2 Å². The van der Waals surface area contributed by atoms with Gasteiger partial charge in [0, 0.05) is 11.6 Å². The maximum absolute atomic E-state index is 12.3. The molecular weight excluding hydrogens is 290 g/mol. The van der Waals surface area contributed by atoms with Gasteiger partial charge in [0.1, 0.15) is 5.75 Å². The fraction of sp³-hybridized carbons (Fsp3) is 0.133. The average molecular weight is 305 g/mol. The Bertz CT molecular complexity index is 769. The number of ether oxygens (including phenoxy) is 1. The monoisotopic (exact) mass is 305 g/mol. The molecule has 2 aromatic carbocycles. The van der Waals surface area contributed by atoms with Gasteiger partial charge < -0.3 is 4.74 Å². The van der Waals surface area contributed by atoms with Gasteiger partial charge in [-0.2, -0.15) is 0 Å². The summed E-state index contributed by atoms with van der Waals surface area (Å²) in [6, 6.07) is 12.5. The number of rotatable bonds is 5. The Kier molecular flexibility index (Phi) is 4.28. The first kappa shape index (κ1) is 15.1. The molecule has 5 nitrogen and oxygen atoms in total. The topological polar surface area (TPSA) is 72.5 Å². The summed E-state index contributed by atoms with van der Waals surface area (Å²) in [6.45, 7) is 1.39. The molecule has 0 atom stereocenters. The largest absolute Gasteiger partial charge is 0.497 e. The molecule has 2 rings (SSSR count). The number of hydrogen-bond donors (Lipinski definition) is 1. The van der Waals surface area contributed by atoms with Crippen LogP contribution in [-0.4, -0.2) is 21.3 Å². The molecule has 0 heterocycles. The Morgan fingerprint density at radius 1 is 1.10 bits per heavy atom. The van der Waals surface area contributed by atoms with Gasteiger partial charge in [-0.3, -0.25) is 9.52 Å². The molecule has 1 N–H and O–H groups in total. The minimum Gasteiger partial charge on any atom is -0.497 e. The van der Waals surface area contributed by atoms with Crippen molar-refractivity contribution in [1.29, 1.82) is 0 Å². The van der Waals surface area contributed by atoms with E-state index >= 15 is 0 Å². The highest BCUT2D eigenvalue weighted by atomic mass is 32.2. The Hall–Kier alpha value is -2.34. The second kappa shape index (κ2) is 5.97. The Balaban J connectivity index is 2.33. The van der Waals surface area contributed by atoms with Crippen molar-refractivity contribution in [2.24, 2.45) is 0 Å². The van der Waals surface area contributed by atoms with E-state index in [1.165, 1.54) is 32.2 Å². The molecule has 0 bridgehead atoms. The van der Waals surface area contributed by atoms with Crippen LogP contribution in [0.1, 0.15) is 17.3 Å². The Labute approximate surface area is 123 Å².